The van der Waals surface area contributed by atoms with Crippen LogP contribution in [0.1, 0.15) is 64.0 Å². The lowest BCUT2D eigenvalue weighted by atomic mass is 9.69. The van der Waals surface area contributed by atoms with Gasteiger partial charge in [-0.2, -0.15) is 0 Å². The number of fused-ring (bicyclic) bond motifs is 1. The molecule has 170 valence electrons. The summed E-state index contributed by atoms with van der Waals surface area (Å²) in [5, 5.41) is 3.98. The van der Waals surface area contributed by atoms with E-state index in [9.17, 15) is 9.59 Å². The van der Waals surface area contributed by atoms with Crippen LogP contribution in [-0.4, -0.2) is 28.6 Å². The molecule has 0 saturated heterocycles. The SMILES string of the molecule is COc1cccc(C2C3=C(CC(C)(C)CC3=O)Nc3nc(SCCC(C)C)[nH]c(=O)c32)c1. The maximum absolute atomic E-state index is 13.3. The summed E-state index contributed by atoms with van der Waals surface area (Å²) in [6, 6.07) is 7.61. The van der Waals surface area contributed by atoms with Crippen molar-refractivity contribution < 1.29 is 9.53 Å². The smallest absolute Gasteiger partial charge is 0.257 e. The van der Waals surface area contributed by atoms with Crippen LogP contribution in [0, 0.1) is 11.3 Å². The fraction of sp³-hybridized carbons (Fsp3) is 0.480. The van der Waals surface area contributed by atoms with E-state index >= 15 is 0 Å². The normalized spacial score (nSPS) is 19.4. The maximum atomic E-state index is 13.3. The Kier molecular flexibility index (Phi) is 6.21. The van der Waals surface area contributed by atoms with Crippen LogP contribution in [0.2, 0.25) is 0 Å². The van der Waals surface area contributed by atoms with Crippen LogP contribution in [0.4, 0.5) is 5.82 Å². The number of benzene rings is 1. The largest absolute Gasteiger partial charge is 0.497 e. The molecule has 7 heteroatoms. The van der Waals surface area contributed by atoms with Gasteiger partial charge < -0.3 is 15.0 Å². The highest BCUT2D eigenvalue weighted by atomic mass is 32.2. The van der Waals surface area contributed by atoms with Crippen molar-refractivity contribution in [3.63, 3.8) is 0 Å². The number of carbonyl (C=O) groups is 1. The lowest BCUT2D eigenvalue weighted by molar-refractivity contribution is -0.118. The number of ether oxygens (including phenoxy) is 1. The number of thioether (sulfide) groups is 1. The summed E-state index contributed by atoms with van der Waals surface area (Å²) in [4.78, 5) is 34.4. The fourth-order valence-corrected chi connectivity index (χ4v) is 5.61. The van der Waals surface area contributed by atoms with E-state index < -0.39 is 5.92 Å². The molecular weight excluding hydrogens is 422 g/mol. The van der Waals surface area contributed by atoms with E-state index in [4.69, 9.17) is 9.72 Å². The summed E-state index contributed by atoms with van der Waals surface area (Å²) >= 11 is 1.56. The molecule has 1 unspecified atom stereocenters. The average Bonchev–Trinajstić information content (AvgIpc) is 2.71. The van der Waals surface area contributed by atoms with Crippen molar-refractivity contribution in [2.24, 2.45) is 11.3 Å². The molecule has 0 saturated carbocycles. The van der Waals surface area contributed by atoms with Crippen LogP contribution in [0.5, 0.6) is 5.75 Å². The monoisotopic (exact) mass is 453 g/mol. The first-order valence-corrected chi connectivity index (χ1v) is 12.1. The highest BCUT2D eigenvalue weighted by Gasteiger charge is 2.42. The molecule has 1 atom stereocenters. The number of anilines is 1. The topological polar surface area (TPSA) is 84.1 Å². The molecule has 0 spiro atoms. The van der Waals surface area contributed by atoms with E-state index in [-0.39, 0.29) is 16.8 Å². The molecule has 0 fully saturated rings. The molecule has 1 aromatic carbocycles. The van der Waals surface area contributed by atoms with Gasteiger partial charge in [0.2, 0.25) is 0 Å². The number of hydrogen-bond donors (Lipinski definition) is 2. The van der Waals surface area contributed by atoms with Crippen molar-refractivity contribution in [1.29, 1.82) is 0 Å². The highest BCUT2D eigenvalue weighted by Crippen LogP contribution is 2.48. The van der Waals surface area contributed by atoms with Crippen molar-refractivity contribution >= 4 is 23.4 Å². The van der Waals surface area contributed by atoms with Crippen LogP contribution >= 0.6 is 11.8 Å². The van der Waals surface area contributed by atoms with E-state index in [1.165, 1.54) is 0 Å². The average molecular weight is 454 g/mol. The van der Waals surface area contributed by atoms with Crippen LogP contribution in [0.3, 0.4) is 0 Å². The third kappa shape index (κ3) is 4.49. The molecule has 1 aliphatic heterocycles. The van der Waals surface area contributed by atoms with Crippen LogP contribution in [0.25, 0.3) is 0 Å². The molecular formula is C25H31N3O3S. The molecule has 6 nitrogen and oxygen atoms in total. The zero-order valence-electron chi connectivity index (χ0n) is 19.4. The number of rotatable bonds is 6. The van der Waals surface area contributed by atoms with Gasteiger partial charge in [-0.1, -0.05) is 51.6 Å². The van der Waals surface area contributed by atoms with Gasteiger partial charge in [-0.05, 0) is 41.9 Å². The number of carbonyl (C=O) groups excluding carboxylic acids is 1. The Morgan fingerprint density at radius 3 is 2.75 bits per heavy atom. The Hall–Kier alpha value is -2.54. The molecule has 0 bridgehead atoms. The molecule has 0 radical (unpaired) electrons. The molecule has 0 amide bonds. The first kappa shape index (κ1) is 22.6. The standard InChI is InChI=1S/C25H31N3O3S/c1-14(2)9-10-32-24-27-22-21(23(30)28-24)19(15-7-6-8-16(11-15)31-5)20-17(26-22)12-25(3,4)13-18(20)29/h6-8,11,14,19H,9-10,12-13H2,1-5H3,(H2,26,27,28,30). The molecule has 2 heterocycles. The minimum absolute atomic E-state index is 0.0806. The Morgan fingerprint density at radius 2 is 2.03 bits per heavy atom. The number of aromatic amines is 1. The van der Waals surface area contributed by atoms with E-state index in [2.05, 4.69) is 38.0 Å². The van der Waals surface area contributed by atoms with Gasteiger partial charge in [0.25, 0.3) is 5.56 Å². The second kappa shape index (κ2) is 8.77. The predicted octanol–water partition coefficient (Wildman–Crippen LogP) is 5.12. The van der Waals surface area contributed by atoms with Gasteiger partial charge in [0.05, 0.1) is 12.7 Å². The van der Waals surface area contributed by atoms with Crippen LogP contribution in [-0.2, 0) is 4.79 Å². The minimum Gasteiger partial charge on any atom is -0.497 e. The van der Waals surface area contributed by atoms with Crippen molar-refractivity contribution in [1.82, 2.24) is 9.97 Å². The third-order valence-electron chi connectivity index (χ3n) is 6.06. The summed E-state index contributed by atoms with van der Waals surface area (Å²) in [5.41, 5.74) is 2.57. The molecule has 4 rings (SSSR count). The van der Waals surface area contributed by atoms with Gasteiger partial charge >= 0.3 is 0 Å². The van der Waals surface area contributed by atoms with Gasteiger partial charge in [0.15, 0.2) is 10.9 Å². The number of allylic oxidation sites excluding steroid dienone is 2. The Morgan fingerprint density at radius 1 is 1.25 bits per heavy atom. The molecule has 32 heavy (non-hydrogen) atoms. The number of hydrogen-bond acceptors (Lipinski definition) is 6. The first-order chi connectivity index (χ1) is 15.2. The number of nitrogens with zero attached hydrogens (tertiary/aromatic N) is 1. The van der Waals surface area contributed by atoms with Crippen molar-refractivity contribution in [3.8, 4) is 5.75 Å². The zero-order chi connectivity index (χ0) is 23.0. The number of methoxy groups -OCH3 is 1. The van der Waals surface area contributed by atoms with Crippen LogP contribution in [0.15, 0.2) is 45.5 Å². The number of nitrogens with one attached hydrogen (secondary N) is 2. The van der Waals surface area contributed by atoms with Gasteiger partial charge in [-0.15, -0.1) is 0 Å². The zero-order valence-corrected chi connectivity index (χ0v) is 20.2. The highest BCUT2D eigenvalue weighted by molar-refractivity contribution is 7.99. The van der Waals surface area contributed by atoms with Crippen LogP contribution < -0.4 is 15.6 Å². The number of Topliss-reactive ketones (excluding diaryl/α,β-unsaturated/α-hetero) is 1. The van der Waals surface area contributed by atoms with E-state index in [0.29, 0.717) is 40.2 Å². The van der Waals surface area contributed by atoms with Gasteiger partial charge in [0, 0.05) is 29.4 Å². The Labute approximate surface area is 193 Å². The number of H-pyrrole nitrogens is 1. The summed E-state index contributed by atoms with van der Waals surface area (Å²) in [6.07, 6.45) is 2.24. The predicted molar refractivity (Wildman–Crippen MR) is 129 cm³/mol. The van der Waals surface area contributed by atoms with Crippen molar-refractivity contribution in [2.45, 2.75) is 58.0 Å². The second-order valence-electron chi connectivity index (χ2n) is 9.83. The number of ketones is 1. The molecule has 1 aliphatic carbocycles. The summed E-state index contributed by atoms with van der Waals surface area (Å²) in [7, 11) is 1.61. The van der Waals surface area contributed by atoms with Gasteiger partial charge in [-0.3, -0.25) is 9.59 Å². The van der Waals surface area contributed by atoms with Gasteiger partial charge in [0.1, 0.15) is 11.6 Å². The van der Waals surface area contributed by atoms with Crippen molar-refractivity contribution in [3.05, 3.63) is 57.0 Å². The molecule has 1 aromatic heterocycles. The summed E-state index contributed by atoms with van der Waals surface area (Å²) in [5.74, 6) is 2.34. The Bertz CT molecular complexity index is 1130. The minimum atomic E-state index is -0.467. The van der Waals surface area contributed by atoms with E-state index in [0.717, 1.165) is 29.9 Å². The van der Waals surface area contributed by atoms with Crippen molar-refractivity contribution in [2.75, 3.05) is 18.2 Å². The van der Waals surface area contributed by atoms with Gasteiger partial charge in [-0.25, -0.2) is 4.98 Å². The quantitative estimate of drug-likeness (QED) is 0.467. The molecule has 2 aliphatic rings. The first-order valence-electron chi connectivity index (χ1n) is 11.1. The second-order valence-corrected chi connectivity index (χ2v) is 10.9. The van der Waals surface area contributed by atoms with E-state index in [1.54, 1.807) is 18.9 Å². The Balaban J connectivity index is 1.84. The third-order valence-corrected chi connectivity index (χ3v) is 6.97. The lowest BCUT2D eigenvalue weighted by Crippen LogP contribution is -2.37. The summed E-state index contributed by atoms with van der Waals surface area (Å²) < 4.78 is 5.42. The lowest BCUT2D eigenvalue weighted by Gasteiger charge is -2.38. The number of aromatic nitrogens is 2. The molecule has 2 N–H and O–H groups in total. The fourth-order valence-electron chi connectivity index (χ4n) is 4.51. The maximum Gasteiger partial charge on any atom is 0.257 e. The van der Waals surface area contributed by atoms with E-state index in [1.807, 2.05) is 24.3 Å². The summed E-state index contributed by atoms with van der Waals surface area (Å²) in [6.45, 7) is 8.56. The molecule has 2 aromatic rings.